The Kier molecular flexibility index (Phi) is 8.35. The van der Waals surface area contributed by atoms with E-state index >= 15 is 0 Å². The van der Waals surface area contributed by atoms with Gasteiger partial charge in [0.25, 0.3) is 5.91 Å². The Labute approximate surface area is 258 Å². The highest BCUT2D eigenvalue weighted by Gasteiger charge is 2.36. The highest BCUT2D eigenvalue weighted by Crippen LogP contribution is 2.44. The summed E-state index contributed by atoms with van der Waals surface area (Å²) in [6.07, 6.45) is 8.17. The van der Waals surface area contributed by atoms with Gasteiger partial charge in [-0.15, -0.1) is 23.5 Å². The van der Waals surface area contributed by atoms with Gasteiger partial charge in [-0.2, -0.15) is 0 Å². The number of amides is 4. The van der Waals surface area contributed by atoms with Gasteiger partial charge in [-0.25, -0.2) is 4.79 Å². The van der Waals surface area contributed by atoms with Crippen LogP contribution in [0.4, 0.5) is 21.9 Å². The molecule has 0 spiro atoms. The number of rotatable bonds is 7. The quantitative estimate of drug-likeness (QED) is 0.193. The molecule has 9 heteroatoms. The van der Waals surface area contributed by atoms with Crippen molar-refractivity contribution in [1.82, 2.24) is 0 Å². The first-order valence-electron chi connectivity index (χ1n) is 13.7. The summed E-state index contributed by atoms with van der Waals surface area (Å²) in [5.41, 5.74) is 8.40. The molecule has 4 N–H and O–H groups in total. The largest absolute Gasteiger partial charge is 0.366 e. The molecule has 1 heterocycles. The van der Waals surface area contributed by atoms with Gasteiger partial charge in [-0.05, 0) is 48.0 Å². The molecule has 6 rings (SSSR count). The smallest absolute Gasteiger partial charge is 0.326 e. The van der Waals surface area contributed by atoms with Crippen molar-refractivity contribution in [3.05, 3.63) is 139 Å². The van der Waals surface area contributed by atoms with Gasteiger partial charge in [0.05, 0.1) is 28.2 Å². The number of anilines is 3. The minimum absolute atomic E-state index is 0.114. The lowest BCUT2D eigenvalue weighted by Crippen LogP contribution is -2.49. The molecule has 4 amide bonds. The van der Waals surface area contributed by atoms with Crippen LogP contribution in [-0.4, -0.2) is 29.1 Å². The van der Waals surface area contributed by atoms with Crippen LogP contribution >= 0.6 is 23.5 Å². The number of benzene rings is 4. The summed E-state index contributed by atoms with van der Waals surface area (Å²) in [5.74, 6) is -0.922. The molecule has 4 aromatic rings. The molecule has 0 saturated carbocycles. The maximum atomic E-state index is 13.8. The summed E-state index contributed by atoms with van der Waals surface area (Å²) in [6.45, 7) is 0. The minimum Gasteiger partial charge on any atom is -0.366 e. The lowest BCUT2D eigenvalue weighted by molar-refractivity contribution is -0.115. The first-order chi connectivity index (χ1) is 21.0. The Balaban J connectivity index is 1.24. The molecule has 0 fully saturated rings. The van der Waals surface area contributed by atoms with E-state index in [1.165, 1.54) is 11.8 Å². The van der Waals surface area contributed by atoms with Gasteiger partial charge >= 0.3 is 6.03 Å². The number of fused-ring (bicyclic) bond motifs is 2. The highest BCUT2D eigenvalue weighted by molar-refractivity contribution is 8.00. The number of nitrogens with one attached hydrogen (secondary N) is 2. The van der Waals surface area contributed by atoms with Crippen LogP contribution in [-0.2, 0) is 4.79 Å². The van der Waals surface area contributed by atoms with Crippen LogP contribution < -0.4 is 21.3 Å². The molecular formula is C34H28N4O3S2. The lowest BCUT2D eigenvalue weighted by atomic mass is 10.1. The second-order valence-corrected chi connectivity index (χ2v) is 12.3. The zero-order valence-electron chi connectivity index (χ0n) is 22.9. The number of urea groups is 1. The van der Waals surface area contributed by atoms with Crippen molar-refractivity contribution in [3.63, 3.8) is 0 Å². The summed E-state index contributed by atoms with van der Waals surface area (Å²) in [7, 11) is 0. The van der Waals surface area contributed by atoms with Gasteiger partial charge < -0.3 is 16.4 Å². The van der Waals surface area contributed by atoms with Crippen molar-refractivity contribution in [2.45, 2.75) is 26.3 Å². The van der Waals surface area contributed by atoms with Gasteiger partial charge in [0.2, 0.25) is 5.91 Å². The van der Waals surface area contributed by atoms with E-state index in [0.29, 0.717) is 11.4 Å². The van der Waals surface area contributed by atoms with E-state index in [0.717, 1.165) is 21.0 Å². The fourth-order valence-electron chi connectivity index (χ4n) is 5.10. The van der Waals surface area contributed by atoms with E-state index in [-0.39, 0.29) is 28.8 Å². The highest BCUT2D eigenvalue weighted by atomic mass is 32.2. The summed E-state index contributed by atoms with van der Waals surface area (Å²) >= 11 is 3.10. The van der Waals surface area contributed by atoms with Gasteiger partial charge in [0.15, 0.2) is 0 Å². The first kappa shape index (κ1) is 28.4. The molecule has 3 unspecified atom stereocenters. The zero-order chi connectivity index (χ0) is 29.8. The molecule has 0 bridgehead atoms. The molecule has 0 radical (unpaired) electrons. The van der Waals surface area contributed by atoms with Crippen LogP contribution in [0, 0.1) is 0 Å². The Morgan fingerprint density at radius 2 is 1.56 bits per heavy atom. The third-order valence-corrected chi connectivity index (χ3v) is 9.65. The van der Waals surface area contributed by atoms with Crippen LogP contribution in [0.15, 0.2) is 137 Å². The van der Waals surface area contributed by atoms with Gasteiger partial charge in [0, 0.05) is 15.5 Å². The summed E-state index contributed by atoms with van der Waals surface area (Å²) in [4.78, 5) is 43.0. The molecular weight excluding hydrogens is 577 g/mol. The van der Waals surface area contributed by atoms with Crippen LogP contribution in [0.1, 0.15) is 21.2 Å². The SMILES string of the molecule is NC(=O)c1ccccc1NC(=O)C(Sc1cccc(NC(=O)N2c3ccccc3SC3C=CC=CC32)c1)c1ccccc1. The number of nitrogens with two attached hydrogens (primary N) is 1. The van der Waals surface area contributed by atoms with Crippen molar-refractivity contribution < 1.29 is 14.4 Å². The van der Waals surface area contributed by atoms with E-state index in [4.69, 9.17) is 5.73 Å². The number of para-hydroxylation sites is 2. The third kappa shape index (κ3) is 6.23. The molecule has 214 valence electrons. The minimum atomic E-state index is -0.640. The molecule has 7 nitrogen and oxygen atoms in total. The normalized spacial score (nSPS) is 17.3. The van der Waals surface area contributed by atoms with Gasteiger partial charge in [0.1, 0.15) is 5.25 Å². The van der Waals surface area contributed by atoms with Crippen molar-refractivity contribution in [2.75, 3.05) is 15.5 Å². The molecule has 0 saturated heterocycles. The average Bonchev–Trinajstić information content (AvgIpc) is 3.03. The van der Waals surface area contributed by atoms with Crippen LogP contribution in [0.2, 0.25) is 0 Å². The monoisotopic (exact) mass is 604 g/mol. The first-order valence-corrected chi connectivity index (χ1v) is 15.5. The molecule has 1 aliphatic heterocycles. The van der Waals surface area contributed by atoms with Crippen molar-refractivity contribution in [1.29, 1.82) is 0 Å². The fraction of sp³-hybridized carbons (Fsp3) is 0.0882. The Hall–Kier alpha value is -4.73. The Bertz CT molecular complexity index is 1740. The lowest BCUT2D eigenvalue weighted by Gasteiger charge is -2.40. The predicted molar refractivity (Wildman–Crippen MR) is 175 cm³/mol. The average molecular weight is 605 g/mol. The number of hydrogen-bond acceptors (Lipinski definition) is 5. The number of thioether (sulfide) groups is 2. The maximum Gasteiger partial charge on any atom is 0.326 e. The van der Waals surface area contributed by atoms with Crippen molar-refractivity contribution >= 4 is 58.4 Å². The number of carbonyl (C=O) groups excluding carboxylic acids is 3. The Morgan fingerprint density at radius 3 is 2.40 bits per heavy atom. The third-order valence-electron chi connectivity index (χ3n) is 7.09. The second kappa shape index (κ2) is 12.6. The zero-order valence-corrected chi connectivity index (χ0v) is 24.6. The van der Waals surface area contributed by atoms with Gasteiger partial charge in [-0.3, -0.25) is 14.5 Å². The fourth-order valence-corrected chi connectivity index (χ4v) is 7.44. The number of hydrogen-bond donors (Lipinski definition) is 3. The number of nitrogens with zero attached hydrogens (tertiary/aromatic N) is 1. The molecule has 4 aromatic carbocycles. The van der Waals surface area contributed by atoms with Crippen LogP contribution in [0.25, 0.3) is 0 Å². The molecule has 0 aromatic heterocycles. The topological polar surface area (TPSA) is 105 Å². The van der Waals surface area contributed by atoms with E-state index in [9.17, 15) is 14.4 Å². The van der Waals surface area contributed by atoms with Crippen molar-refractivity contribution in [2.24, 2.45) is 5.73 Å². The van der Waals surface area contributed by atoms with Crippen LogP contribution in [0.3, 0.4) is 0 Å². The summed E-state index contributed by atoms with van der Waals surface area (Å²) in [6, 6.07) is 31.1. The molecule has 2 aliphatic rings. The van der Waals surface area contributed by atoms with E-state index < -0.39 is 11.2 Å². The molecule has 3 atom stereocenters. The maximum absolute atomic E-state index is 13.8. The van der Waals surface area contributed by atoms with Crippen LogP contribution in [0.5, 0.6) is 0 Å². The second-order valence-electron chi connectivity index (χ2n) is 9.95. The van der Waals surface area contributed by atoms with Gasteiger partial charge in [-0.1, -0.05) is 85.0 Å². The van der Waals surface area contributed by atoms with E-state index in [2.05, 4.69) is 22.8 Å². The van der Waals surface area contributed by atoms with E-state index in [1.54, 1.807) is 36.0 Å². The van der Waals surface area contributed by atoms with Crippen molar-refractivity contribution in [3.8, 4) is 0 Å². The predicted octanol–water partition coefficient (Wildman–Crippen LogP) is 7.27. The molecule has 1 aliphatic carbocycles. The number of allylic oxidation sites excluding steroid dienone is 2. The summed E-state index contributed by atoms with van der Waals surface area (Å²) < 4.78 is 0. The number of carbonyl (C=O) groups is 3. The summed E-state index contributed by atoms with van der Waals surface area (Å²) in [5, 5.41) is 5.45. The number of primary amides is 1. The molecule has 43 heavy (non-hydrogen) atoms. The van der Waals surface area contributed by atoms with E-state index in [1.807, 2.05) is 95.9 Å². The standard InChI is InChI=1S/C34H28N4O3S2/c35-32(39)25-15-4-5-16-26(25)37-33(40)31(22-11-2-1-3-12-22)42-24-14-10-13-23(21-24)36-34(41)38-27-17-6-8-19-29(27)43-30-20-9-7-18-28(30)38/h1-21,27,29,31H,(H2,35,39)(H,36,41)(H,37,40). The Morgan fingerprint density at radius 1 is 0.814 bits per heavy atom.